The number of carbonyl (C=O) groups is 1. The van der Waals surface area contributed by atoms with Crippen LogP contribution in [-0.2, 0) is 11.3 Å². The van der Waals surface area contributed by atoms with Crippen LogP contribution in [0.25, 0.3) is 0 Å². The number of rotatable bonds is 4. The van der Waals surface area contributed by atoms with Crippen LogP contribution in [0.4, 0.5) is 0 Å². The number of nitrogens with zero attached hydrogens (tertiary/aromatic N) is 4. The highest BCUT2D eigenvalue weighted by Gasteiger charge is 2.15. The van der Waals surface area contributed by atoms with E-state index in [9.17, 15) is 4.79 Å². The fraction of sp³-hybridized carbons (Fsp3) is 0.455. The number of amides is 1. The van der Waals surface area contributed by atoms with Crippen molar-refractivity contribution in [3.05, 3.63) is 28.0 Å². The topological polar surface area (TPSA) is 72.7 Å². The van der Waals surface area contributed by atoms with E-state index in [2.05, 4.69) is 20.6 Å². The number of hydrogen-bond donors (Lipinski definition) is 1. The third-order valence-corrected chi connectivity index (χ3v) is 3.41. The second kappa shape index (κ2) is 5.26. The molecule has 18 heavy (non-hydrogen) atoms. The third kappa shape index (κ3) is 2.92. The van der Waals surface area contributed by atoms with Gasteiger partial charge in [-0.1, -0.05) is 5.21 Å². The maximum atomic E-state index is 11.8. The first-order valence-electron chi connectivity index (χ1n) is 5.63. The smallest absolute Gasteiger partial charge is 0.242 e. The molecule has 0 aromatic carbocycles. The van der Waals surface area contributed by atoms with Crippen LogP contribution in [0, 0.1) is 13.8 Å². The molecule has 0 aliphatic heterocycles. The van der Waals surface area contributed by atoms with Gasteiger partial charge < -0.3 is 5.32 Å². The lowest BCUT2D eigenvalue weighted by Crippen LogP contribution is -2.30. The van der Waals surface area contributed by atoms with E-state index in [1.165, 1.54) is 4.68 Å². The molecule has 2 heterocycles. The Bertz CT molecular complexity index is 534. The van der Waals surface area contributed by atoms with E-state index in [4.69, 9.17) is 0 Å². The molecule has 1 N–H and O–H groups in total. The van der Waals surface area contributed by atoms with Crippen LogP contribution in [0.5, 0.6) is 0 Å². The molecule has 0 aliphatic carbocycles. The zero-order valence-corrected chi connectivity index (χ0v) is 11.4. The normalized spacial score (nSPS) is 12.4. The van der Waals surface area contributed by atoms with E-state index >= 15 is 0 Å². The Morgan fingerprint density at radius 3 is 2.89 bits per heavy atom. The number of carbonyl (C=O) groups excluding carboxylic acids is 1. The maximum Gasteiger partial charge on any atom is 0.242 e. The first-order chi connectivity index (χ1) is 8.56. The molecule has 0 saturated heterocycles. The molecule has 2 aromatic heterocycles. The number of hydrogen-bond acceptors (Lipinski definition) is 5. The van der Waals surface area contributed by atoms with Gasteiger partial charge in [0.25, 0.3) is 0 Å². The zero-order chi connectivity index (χ0) is 13.1. The van der Waals surface area contributed by atoms with E-state index in [0.29, 0.717) is 0 Å². The highest BCUT2D eigenvalue weighted by molar-refractivity contribution is 7.11. The zero-order valence-electron chi connectivity index (χ0n) is 10.5. The van der Waals surface area contributed by atoms with Gasteiger partial charge in [-0.15, -0.1) is 16.4 Å². The molecular formula is C11H15N5OS. The van der Waals surface area contributed by atoms with E-state index in [0.717, 1.165) is 15.6 Å². The van der Waals surface area contributed by atoms with Crippen molar-refractivity contribution >= 4 is 17.2 Å². The van der Waals surface area contributed by atoms with Crippen molar-refractivity contribution in [1.82, 2.24) is 25.3 Å². The van der Waals surface area contributed by atoms with Crippen molar-refractivity contribution < 1.29 is 4.79 Å². The molecule has 1 amide bonds. The highest BCUT2D eigenvalue weighted by Crippen LogP contribution is 2.22. The number of nitrogens with one attached hydrogen (secondary N) is 1. The third-order valence-electron chi connectivity index (χ3n) is 2.50. The molecule has 0 aliphatic rings. The van der Waals surface area contributed by atoms with Crippen LogP contribution >= 0.6 is 11.3 Å². The summed E-state index contributed by atoms with van der Waals surface area (Å²) in [7, 11) is 0. The summed E-state index contributed by atoms with van der Waals surface area (Å²) >= 11 is 1.64. The van der Waals surface area contributed by atoms with Crippen LogP contribution in [0.3, 0.4) is 0 Å². The Morgan fingerprint density at radius 1 is 1.56 bits per heavy atom. The monoisotopic (exact) mass is 265 g/mol. The summed E-state index contributed by atoms with van der Waals surface area (Å²) in [5, 5.41) is 11.3. The summed E-state index contributed by atoms with van der Waals surface area (Å²) < 4.78 is 1.49. The molecule has 7 heteroatoms. The number of thiazole rings is 1. The van der Waals surface area contributed by atoms with Gasteiger partial charge in [0, 0.05) is 11.1 Å². The molecule has 0 saturated carbocycles. The van der Waals surface area contributed by atoms with Crippen molar-refractivity contribution in [2.45, 2.75) is 33.4 Å². The van der Waals surface area contributed by atoms with Crippen molar-refractivity contribution in [1.29, 1.82) is 0 Å². The predicted octanol–water partition coefficient (Wildman–Crippen LogP) is 1.23. The van der Waals surface area contributed by atoms with Crippen LogP contribution in [0.1, 0.15) is 28.5 Å². The van der Waals surface area contributed by atoms with Gasteiger partial charge in [-0.25, -0.2) is 9.67 Å². The first-order valence-corrected chi connectivity index (χ1v) is 6.45. The predicted molar refractivity (Wildman–Crippen MR) is 68.2 cm³/mol. The molecule has 6 nitrogen and oxygen atoms in total. The molecule has 2 rings (SSSR count). The molecule has 96 valence electrons. The molecule has 0 radical (unpaired) electrons. The van der Waals surface area contributed by atoms with E-state index < -0.39 is 0 Å². The summed E-state index contributed by atoms with van der Waals surface area (Å²) in [6.07, 6.45) is 3.20. The minimum atomic E-state index is -0.0990. The van der Waals surface area contributed by atoms with Gasteiger partial charge in [-0.3, -0.25) is 4.79 Å². The Kier molecular flexibility index (Phi) is 3.71. The summed E-state index contributed by atoms with van der Waals surface area (Å²) in [4.78, 5) is 17.4. The average molecular weight is 265 g/mol. The van der Waals surface area contributed by atoms with E-state index in [1.54, 1.807) is 23.7 Å². The first kappa shape index (κ1) is 12.7. The Balaban J connectivity index is 1.97. The lowest BCUT2D eigenvalue weighted by Gasteiger charge is -2.12. The van der Waals surface area contributed by atoms with Gasteiger partial charge in [0.15, 0.2) is 0 Å². The Hall–Kier alpha value is -1.76. The fourth-order valence-electron chi connectivity index (χ4n) is 1.77. The van der Waals surface area contributed by atoms with Crippen LogP contribution in [0.2, 0.25) is 0 Å². The summed E-state index contributed by atoms with van der Waals surface area (Å²) in [5.74, 6) is -0.0990. The molecular weight excluding hydrogens is 250 g/mol. The quantitative estimate of drug-likeness (QED) is 0.902. The van der Waals surface area contributed by atoms with Crippen molar-refractivity contribution in [3.63, 3.8) is 0 Å². The van der Waals surface area contributed by atoms with E-state index in [1.807, 2.05) is 20.8 Å². The van der Waals surface area contributed by atoms with Crippen molar-refractivity contribution in [3.8, 4) is 0 Å². The minimum absolute atomic E-state index is 0.0917. The van der Waals surface area contributed by atoms with Gasteiger partial charge in [0.1, 0.15) is 6.54 Å². The van der Waals surface area contributed by atoms with Crippen LogP contribution in [0.15, 0.2) is 12.4 Å². The van der Waals surface area contributed by atoms with Gasteiger partial charge in [0.2, 0.25) is 5.91 Å². The van der Waals surface area contributed by atoms with E-state index in [-0.39, 0.29) is 18.5 Å². The summed E-state index contributed by atoms with van der Waals surface area (Å²) in [5.41, 5.74) is 0.935. The van der Waals surface area contributed by atoms with Gasteiger partial charge >= 0.3 is 0 Å². The maximum absolute atomic E-state index is 11.8. The largest absolute Gasteiger partial charge is 0.346 e. The standard InChI is InChI=1S/C11H15N5OS/c1-7(11-8(2)18-9(3)14-11)13-10(17)6-16-5-4-12-15-16/h4-5,7H,6H2,1-3H3,(H,13,17)/t7-/m1/s1. The second-order valence-electron chi connectivity index (χ2n) is 4.06. The molecule has 2 aromatic rings. The Morgan fingerprint density at radius 2 is 2.33 bits per heavy atom. The molecule has 1 atom stereocenters. The van der Waals surface area contributed by atoms with Crippen molar-refractivity contribution in [2.75, 3.05) is 0 Å². The lowest BCUT2D eigenvalue weighted by molar-refractivity contribution is -0.122. The molecule has 0 unspecified atom stereocenters. The second-order valence-corrected chi connectivity index (χ2v) is 5.47. The number of aromatic nitrogens is 4. The minimum Gasteiger partial charge on any atom is -0.346 e. The van der Waals surface area contributed by atoms with Crippen LogP contribution < -0.4 is 5.32 Å². The van der Waals surface area contributed by atoms with Gasteiger partial charge in [-0.05, 0) is 20.8 Å². The number of aryl methyl sites for hydroxylation is 2. The van der Waals surface area contributed by atoms with Gasteiger partial charge in [-0.2, -0.15) is 0 Å². The fourth-order valence-corrected chi connectivity index (χ4v) is 2.68. The SMILES string of the molecule is Cc1nc([C@@H](C)NC(=O)Cn2ccnn2)c(C)s1. The molecule has 0 fully saturated rings. The van der Waals surface area contributed by atoms with Gasteiger partial charge in [0.05, 0.1) is 22.9 Å². The highest BCUT2D eigenvalue weighted by atomic mass is 32.1. The van der Waals surface area contributed by atoms with Crippen molar-refractivity contribution in [2.24, 2.45) is 0 Å². The lowest BCUT2D eigenvalue weighted by atomic mass is 10.2. The summed E-state index contributed by atoms with van der Waals surface area (Å²) in [6.45, 7) is 6.08. The molecule has 0 bridgehead atoms. The summed E-state index contributed by atoms with van der Waals surface area (Å²) in [6, 6.07) is -0.0917. The molecule has 0 spiro atoms. The Labute approximate surface area is 109 Å². The average Bonchev–Trinajstić information content (AvgIpc) is 2.88. The van der Waals surface area contributed by atoms with Crippen LogP contribution in [-0.4, -0.2) is 25.9 Å².